The number of piperazine rings is 3. The van der Waals surface area contributed by atoms with E-state index in [-0.39, 0.29) is 6.10 Å². The molecule has 0 aliphatic carbocycles. The quantitative estimate of drug-likeness (QED) is 0.885. The van der Waals surface area contributed by atoms with Crippen molar-refractivity contribution in [1.82, 2.24) is 9.80 Å². The zero-order valence-corrected chi connectivity index (χ0v) is 12.0. The molecular formula is C16H24N2O. The first-order chi connectivity index (χ1) is 9.13. The minimum absolute atomic E-state index is 0.245. The number of hydrogen-bond donors (Lipinski definition) is 1. The molecule has 3 heteroatoms. The first-order valence-corrected chi connectivity index (χ1v) is 7.34. The fraction of sp³-hybridized carbons (Fsp3) is 0.625. The highest BCUT2D eigenvalue weighted by Gasteiger charge is 2.35. The average molecular weight is 260 g/mol. The summed E-state index contributed by atoms with van der Waals surface area (Å²) < 4.78 is 0. The van der Waals surface area contributed by atoms with E-state index in [0.29, 0.717) is 6.04 Å². The zero-order valence-electron chi connectivity index (χ0n) is 12.0. The Balaban J connectivity index is 1.67. The second kappa shape index (κ2) is 5.23. The van der Waals surface area contributed by atoms with Gasteiger partial charge in [-0.25, -0.2) is 0 Å². The van der Waals surface area contributed by atoms with Crippen molar-refractivity contribution in [3.05, 3.63) is 34.9 Å². The third-order valence-corrected chi connectivity index (χ3v) is 4.78. The van der Waals surface area contributed by atoms with Crippen molar-refractivity contribution < 1.29 is 5.11 Å². The lowest BCUT2D eigenvalue weighted by Crippen LogP contribution is -2.64. The van der Waals surface area contributed by atoms with Gasteiger partial charge in [0.2, 0.25) is 0 Å². The van der Waals surface area contributed by atoms with Crippen LogP contribution in [0.3, 0.4) is 0 Å². The van der Waals surface area contributed by atoms with E-state index >= 15 is 0 Å². The first kappa shape index (κ1) is 13.1. The summed E-state index contributed by atoms with van der Waals surface area (Å²) in [6, 6.07) is 6.86. The Morgan fingerprint density at radius 3 is 2.47 bits per heavy atom. The lowest BCUT2D eigenvalue weighted by atomic mass is 9.95. The highest BCUT2D eigenvalue weighted by Crippen LogP contribution is 2.21. The van der Waals surface area contributed by atoms with Crippen molar-refractivity contribution in [2.75, 3.05) is 32.7 Å². The van der Waals surface area contributed by atoms with E-state index in [2.05, 4.69) is 41.8 Å². The Kier molecular flexibility index (Phi) is 3.61. The Labute approximate surface area is 115 Å². The van der Waals surface area contributed by atoms with E-state index in [1.54, 1.807) is 0 Å². The lowest BCUT2D eigenvalue weighted by Gasteiger charge is -2.49. The molecule has 0 amide bonds. The number of nitrogens with zero attached hydrogens (tertiary/aromatic N) is 2. The summed E-state index contributed by atoms with van der Waals surface area (Å²) in [5.74, 6) is 0. The van der Waals surface area contributed by atoms with Crippen molar-refractivity contribution in [3.8, 4) is 0 Å². The summed E-state index contributed by atoms with van der Waals surface area (Å²) >= 11 is 0. The average Bonchev–Trinajstić information content (AvgIpc) is 2.44. The molecule has 0 spiro atoms. The van der Waals surface area contributed by atoms with Gasteiger partial charge in [-0.05, 0) is 37.0 Å². The van der Waals surface area contributed by atoms with E-state index < -0.39 is 0 Å². The van der Waals surface area contributed by atoms with Gasteiger partial charge in [-0.3, -0.25) is 9.80 Å². The molecule has 1 aromatic carbocycles. The Morgan fingerprint density at radius 2 is 1.89 bits per heavy atom. The van der Waals surface area contributed by atoms with Gasteiger partial charge >= 0.3 is 0 Å². The van der Waals surface area contributed by atoms with E-state index in [9.17, 15) is 5.11 Å². The third-order valence-electron chi connectivity index (χ3n) is 4.78. The van der Waals surface area contributed by atoms with Crippen LogP contribution in [-0.2, 0) is 6.42 Å². The highest BCUT2D eigenvalue weighted by molar-refractivity contribution is 5.30. The van der Waals surface area contributed by atoms with Crippen molar-refractivity contribution in [3.63, 3.8) is 0 Å². The van der Waals surface area contributed by atoms with Crippen LogP contribution >= 0.6 is 0 Å². The molecule has 3 aliphatic rings. The maximum atomic E-state index is 10.5. The summed E-state index contributed by atoms with van der Waals surface area (Å²) in [5, 5.41) is 10.5. The molecule has 0 aromatic heterocycles. The van der Waals surface area contributed by atoms with E-state index in [0.717, 1.165) is 26.1 Å². The first-order valence-electron chi connectivity index (χ1n) is 7.34. The molecule has 2 atom stereocenters. The lowest BCUT2D eigenvalue weighted by molar-refractivity contribution is -0.0453. The minimum Gasteiger partial charge on any atom is -0.391 e. The number of fused-ring (bicyclic) bond motifs is 3. The van der Waals surface area contributed by atoms with Crippen LogP contribution in [0, 0.1) is 13.8 Å². The van der Waals surface area contributed by atoms with Gasteiger partial charge in [0, 0.05) is 38.8 Å². The van der Waals surface area contributed by atoms with Gasteiger partial charge in [-0.1, -0.05) is 18.2 Å². The Morgan fingerprint density at radius 1 is 1.16 bits per heavy atom. The van der Waals surface area contributed by atoms with Crippen LogP contribution in [-0.4, -0.2) is 59.8 Å². The van der Waals surface area contributed by atoms with Gasteiger partial charge in [-0.15, -0.1) is 0 Å². The number of hydrogen-bond acceptors (Lipinski definition) is 3. The van der Waals surface area contributed by atoms with Gasteiger partial charge in [0.1, 0.15) is 0 Å². The zero-order chi connectivity index (χ0) is 13.4. The molecule has 3 fully saturated rings. The topological polar surface area (TPSA) is 26.7 Å². The SMILES string of the molecule is Cc1ccc(CC(O)C2CN3CCN2CC3)cc1C. The van der Waals surface area contributed by atoms with E-state index in [1.165, 1.54) is 29.8 Å². The molecule has 3 saturated heterocycles. The Hall–Kier alpha value is -0.900. The van der Waals surface area contributed by atoms with Crippen molar-refractivity contribution in [2.24, 2.45) is 0 Å². The van der Waals surface area contributed by atoms with Crippen LogP contribution in [0.15, 0.2) is 18.2 Å². The number of aliphatic hydroxyl groups is 1. The normalized spacial score (nSPS) is 31.4. The van der Waals surface area contributed by atoms with E-state index in [1.807, 2.05) is 0 Å². The fourth-order valence-corrected chi connectivity index (χ4v) is 3.33. The van der Waals surface area contributed by atoms with Crippen LogP contribution in [0.25, 0.3) is 0 Å². The predicted octanol–water partition coefficient (Wildman–Crippen LogP) is 1.21. The highest BCUT2D eigenvalue weighted by atomic mass is 16.3. The molecule has 0 saturated carbocycles. The van der Waals surface area contributed by atoms with Gasteiger partial charge in [-0.2, -0.15) is 0 Å². The summed E-state index contributed by atoms with van der Waals surface area (Å²) in [7, 11) is 0. The fourth-order valence-electron chi connectivity index (χ4n) is 3.33. The standard InChI is InChI=1S/C16H24N2O/c1-12-3-4-14(9-13(12)2)10-16(19)15-11-17-5-7-18(15)8-6-17/h3-4,9,15-16,19H,5-8,10-11H2,1-2H3. The number of rotatable bonds is 3. The smallest absolute Gasteiger partial charge is 0.0748 e. The molecule has 2 unspecified atom stereocenters. The molecule has 4 rings (SSSR count). The third kappa shape index (κ3) is 2.69. The van der Waals surface area contributed by atoms with Crippen molar-refractivity contribution >= 4 is 0 Å². The molecule has 3 nitrogen and oxygen atoms in total. The molecule has 2 bridgehead atoms. The molecule has 0 radical (unpaired) electrons. The molecule has 104 valence electrons. The molecule has 1 aromatic rings. The molecule has 3 aliphatic heterocycles. The maximum Gasteiger partial charge on any atom is 0.0748 e. The van der Waals surface area contributed by atoms with Crippen molar-refractivity contribution in [2.45, 2.75) is 32.4 Å². The Bertz CT molecular complexity index is 452. The van der Waals surface area contributed by atoms with Crippen LogP contribution < -0.4 is 0 Å². The van der Waals surface area contributed by atoms with Gasteiger partial charge in [0.15, 0.2) is 0 Å². The minimum atomic E-state index is -0.245. The second-order valence-corrected chi connectivity index (χ2v) is 6.09. The van der Waals surface area contributed by atoms with Crippen LogP contribution in [0.1, 0.15) is 16.7 Å². The largest absolute Gasteiger partial charge is 0.391 e. The molecule has 3 heterocycles. The number of aliphatic hydroxyl groups excluding tert-OH is 1. The molecular weight excluding hydrogens is 236 g/mol. The predicted molar refractivity (Wildman–Crippen MR) is 77.4 cm³/mol. The van der Waals surface area contributed by atoms with Crippen LogP contribution in [0.5, 0.6) is 0 Å². The summed E-state index contributed by atoms with van der Waals surface area (Å²) in [5.41, 5.74) is 3.90. The van der Waals surface area contributed by atoms with Crippen LogP contribution in [0.2, 0.25) is 0 Å². The molecule has 19 heavy (non-hydrogen) atoms. The maximum absolute atomic E-state index is 10.5. The second-order valence-electron chi connectivity index (χ2n) is 6.09. The van der Waals surface area contributed by atoms with Crippen molar-refractivity contribution in [1.29, 1.82) is 0 Å². The van der Waals surface area contributed by atoms with Crippen LogP contribution in [0.4, 0.5) is 0 Å². The molecule has 1 N–H and O–H groups in total. The number of aryl methyl sites for hydroxylation is 2. The van der Waals surface area contributed by atoms with Gasteiger partial charge < -0.3 is 5.11 Å². The van der Waals surface area contributed by atoms with Gasteiger partial charge in [0.25, 0.3) is 0 Å². The number of benzene rings is 1. The summed E-state index contributed by atoms with van der Waals surface area (Å²) in [6.07, 6.45) is 0.529. The summed E-state index contributed by atoms with van der Waals surface area (Å²) in [4.78, 5) is 4.94. The van der Waals surface area contributed by atoms with Gasteiger partial charge in [0.05, 0.1) is 6.10 Å². The monoisotopic (exact) mass is 260 g/mol. The van der Waals surface area contributed by atoms with E-state index in [4.69, 9.17) is 0 Å². The summed E-state index contributed by atoms with van der Waals surface area (Å²) in [6.45, 7) is 9.90.